The molecule has 0 N–H and O–H groups in total. The summed E-state index contributed by atoms with van der Waals surface area (Å²) in [5, 5.41) is 2.95. The maximum atomic E-state index is 12.8. The van der Waals surface area contributed by atoms with Gasteiger partial charge < -0.3 is 9.80 Å². The predicted octanol–water partition coefficient (Wildman–Crippen LogP) is 1.43. The number of hydrogen-bond acceptors (Lipinski definition) is 6. The van der Waals surface area contributed by atoms with Crippen molar-refractivity contribution in [2.75, 3.05) is 48.2 Å². The first-order valence-corrected chi connectivity index (χ1v) is 11.2. The summed E-state index contributed by atoms with van der Waals surface area (Å²) in [4.78, 5) is 21.2. The quantitative estimate of drug-likeness (QED) is 0.790. The summed E-state index contributed by atoms with van der Waals surface area (Å²) < 4.78 is 25.1. The number of thiazole rings is 1. The molecule has 0 spiro atoms. The van der Waals surface area contributed by atoms with Crippen LogP contribution in [-0.4, -0.2) is 63.2 Å². The number of fused-ring (bicyclic) bond motifs is 1. The minimum atomic E-state index is -3.27. The van der Waals surface area contributed by atoms with E-state index in [1.165, 1.54) is 10.6 Å². The van der Waals surface area contributed by atoms with E-state index < -0.39 is 10.0 Å². The maximum Gasteiger partial charge on any atom is 0.253 e. The second kappa shape index (κ2) is 6.55. The van der Waals surface area contributed by atoms with E-state index in [-0.39, 0.29) is 5.91 Å². The number of sulfonamides is 1. The number of benzene rings is 1. The molecule has 2 aromatic rings. The molecule has 0 radical (unpaired) electrons. The molecule has 4 rings (SSSR count). The number of rotatable bonds is 3. The van der Waals surface area contributed by atoms with Crippen molar-refractivity contribution in [3.63, 3.8) is 0 Å². The van der Waals surface area contributed by atoms with Gasteiger partial charge in [0.1, 0.15) is 0 Å². The van der Waals surface area contributed by atoms with Gasteiger partial charge in [0, 0.05) is 49.9 Å². The van der Waals surface area contributed by atoms with Gasteiger partial charge in [-0.2, -0.15) is 0 Å². The minimum absolute atomic E-state index is 0.00407. The second-order valence-corrected chi connectivity index (χ2v) is 9.30. The summed E-state index contributed by atoms with van der Waals surface area (Å²) in [6, 6.07) is 5.33. The molecule has 0 unspecified atom stereocenters. The molecule has 1 aromatic carbocycles. The standard InChI is InChI=1S/C17H20N4O3S2/c1-26(23,24)21-6-4-13-12-14(2-3-15(13)21)16(22)19-7-9-20(10-8-19)17-18-5-11-25-17/h2-3,5,11-12H,4,6-10H2,1H3. The largest absolute Gasteiger partial charge is 0.345 e. The Morgan fingerprint density at radius 3 is 2.58 bits per heavy atom. The molecule has 138 valence electrons. The molecular formula is C17H20N4O3S2. The molecular weight excluding hydrogens is 372 g/mol. The topological polar surface area (TPSA) is 73.8 Å². The molecule has 1 saturated heterocycles. The van der Waals surface area contributed by atoms with Crippen LogP contribution < -0.4 is 9.21 Å². The van der Waals surface area contributed by atoms with Crippen molar-refractivity contribution in [1.29, 1.82) is 0 Å². The highest BCUT2D eigenvalue weighted by atomic mass is 32.2. The molecule has 1 amide bonds. The van der Waals surface area contributed by atoms with Crippen LogP contribution in [0.25, 0.3) is 0 Å². The Labute approximate surface area is 156 Å². The average molecular weight is 393 g/mol. The van der Waals surface area contributed by atoms with Gasteiger partial charge in [-0.05, 0) is 30.2 Å². The number of aromatic nitrogens is 1. The minimum Gasteiger partial charge on any atom is -0.345 e. The first-order chi connectivity index (χ1) is 12.4. The van der Waals surface area contributed by atoms with Gasteiger partial charge in [-0.15, -0.1) is 11.3 Å². The van der Waals surface area contributed by atoms with Gasteiger partial charge >= 0.3 is 0 Å². The van der Waals surface area contributed by atoms with Crippen LogP contribution in [0.2, 0.25) is 0 Å². The van der Waals surface area contributed by atoms with Crippen LogP contribution >= 0.6 is 11.3 Å². The molecule has 1 aromatic heterocycles. The fourth-order valence-electron chi connectivity index (χ4n) is 3.50. The lowest BCUT2D eigenvalue weighted by molar-refractivity contribution is 0.0746. The predicted molar refractivity (Wildman–Crippen MR) is 103 cm³/mol. The molecule has 0 saturated carbocycles. The second-order valence-electron chi connectivity index (χ2n) is 6.52. The number of carbonyl (C=O) groups is 1. The Morgan fingerprint density at radius 2 is 1.92 bits per heavy atom. The first kappa shape index (κ1) is 17.3. The van der Waals surface area contributed by atoms with E-state index in [4.69, 9.17) is 0 Å². The van der Waals surface area contributed by atoms with Crippen LogP contribution in [0, 0.1) is 0 Å². The molecule has 0 bridgehead atoms. The van der Waals surface area contributed by atoms with Crippen molar-refractivity contribution < 1.29 is 13.2 Å². The third kappa shape index (κ3) is 3.16. The lowest BCUT2D eigenvalue weighted by Gasteiger charge is -2.34. The Balaban J connectivity index is 1.47. The maximum absolute atomic E-state index is 12.8. The van der Waals surface area contributed by atoms with Crippen LogP contribution in [0.15, 0.2) is 29.8 Å². The number of anilines is 2. The number of carbonyl (C=O) groups excluding carboxylic acids is 1. The van der Waals surface area contributed by atoms with Crippen LogP contribution in [0.4, 0.5) is 10.8 Å². The van der Waals surface area contributed by atoms with Crippen molar-refractivity contribution >= 4 is 38.1 Å². The first-order valence-electron chi connectivity index (χ1n) is 8.48. The number of amides is 1. The van der Waals surface area contributed by atoms with E-state index in [0.717, 1.165) is 23.8 Å². The molecule has 9 heteroatoms. The van der Waals surface area contributed by atoms with Crippen LogP contribution in [0.5, 0.6) is 0 Å². The van der Waals surface area contributed by atoms with Crippen LogP contribution in [0.1, 0.15) is 15.9 Å². The number of piperazine rings is 1. The van der Waals surface area contributed by atoms with E-state index in [0.29, 0.717) is 37.3 Å². The summed E-state index contributed by atoms with van der Waals surface area (Å²) in [7, 11) is -3.27. The fraction of sp³-hybridized carbons (Fsp3) is 0.412. The van der Waals surface area contributed by atoms with Crippen molar-refractivity contribution in [1.82, 2.24) is 9.88 Å². The van der Waals surface area contributed by atoms with Gasteiger partial charge in [-0.3, -0.25) is 9.10 Å². The van der Waals surface area contributed by atoms with Gasteiger partial charge in [-0.25, -0.2) is 13.4 Å². The molecule has 26 heavy (non-hydrogen) atoms. The van der Waals surface area contributed by atoms with Gasteiger partial charge in [-0.1, -0.05) is 0 Å². The highest BCUT2D eigenvalue weighted by molar-refractivity contribution is 7.92. The van der Waals surface area contributed by atoms with Crippen molar-refractivity contribution in [3.05, 3.63) is 40.9 Å². The lowest BCUT2D eigenvalue weighted by Crippen LogP contribution is -2.48. The van der Waals surface area contributed by atoms with Crippen LogP contribution in [-0.2, 0) is 16.4 Å². The van der Waals surface area contributed by atoms with E-state index in [9.17, 15) is 13.2 Å². The van der Waals surface area contributed by atoms with Gasteiger partial charge in [0.2, 0.25) is 10.0 Å². The SMILES string of the molecule is CS(=O)(=O)N1CCc2cc(C(=O)N3CCN(c4nccs4)CC3)ccc21. The summed E-state index contributed by atoms with van der Waals surface area (Å²) in [6.45, 7) is 3.30. The monoisotopic (exact) mass is 392 g/mol. The molecule has 7 nitrogen and oxygen atoms in total. The van der Waals surface area contributed by atoms with E-state index in [1.54, 1.807) is 29.7 Å². The zero-order valence-corrected chi connectivity index (χ0v) is 16.1. The van der Waals surface area contributed by atoms with Gasteiger partial charge in [0.05, 0.1) is 11.9 Å². The zero-order chi connectivity index (χ0) is 18.3. The van der Waals surface area contributed by atoms with E-state index in [1.807, 2.05) is 16.3 Å². The molecule has 0 atom stereocenters. The molecule has 3 heterocycles. The Morgan fingerprint density at radius 1 is 1.15 bits per heavy atom. The smallest absolute Gasteiger partial charge is 0.253 e. The Kier molecular flexibility index (Phi) is 4.36. The summed E-state index contributed by atoms with van der Waals surface area (Å²) in [5.74, 6) is 0.00407. The van der Waals surface area contributed by atoms with Crippen molar-refractivity contribution in [2.45, 2.75) is 6.42 Å². The molecule has 2 aliphatic rings. The zero-order valence-electron chi connectivity index (χ0n) is 14.5. The van der Waals surface area contributed by atoms with Crippen molar-refractivity contribution in [2.24, 2.45) is 0 Å². The summed E-state index contributed by atoms with van der Waals surface area (Å²) in [5.41, 5.74) is 2.24. The van der Waals surface area contributed by atoms with E-state index in [2.05, 4.69) is 9.88 Å². The normalized spacial score (nSPS) is 17.5. The summed E-state index contributed by atoms with van der Waals surface area (Å²) in [6.07, 6.45) is 3.65. The van der Waals surface area contributed by atoms with Gasteiger partial charge in [0.25, 0.3) is 5.91 Å². The lowest BCUT2D eigenvalue weighted by atomic mass is 10.1. The molecule has 0 aliphatic carbocycles. The third-order valence-electron chi connectivity index (χ3n) is 4.84. The highest BCUT2D eigenvalue weighted by Gasteiger charge is 2.28. The molecule has 2 aliphatic heterocycles. The Bertz CT molecular complexity index is 919. The number of nitrogens with zero attached hydrogens (tertiary/aromatic N) is 4. The van der Waals surface area contributed by atoms with E-state index >= 15 is 0 Å². The number of hydrogen-bond donors (Lipinski definition) is 0. The van der Waals surface area contributed by atoms with Gasteiger partial charge in [0.15, 0.2) is 5.13 Å². The average Bonchev–Trinajstić information content (AvgIpc) is 3.30. The van der Waals surface area contributed by atoms with Crippen LogP contribution in [0.3, 0.4) is 0 Å². The highest BCUT2D eigenvalue weighted by Crippen LogP contribution is 2.31. The summed E-state index contributed by atoms with van der Waals surface area (Å²) >= 11 is 1.61. The molecule has 1 fully saturated rings. The van der Waals surface area contributed by atoms with Crippen molar-refractivity contribution in [3.8, 4) is 0 Å². The third-order valence-corrected chi connectivity index (χ3v) is 6.85. The Hall–Kier alpha value is -2.13. The fourth-order valence-corrected chi connectivity index (χ4v) is 5.16.